The van der Waals surface area contributed by atoms with E-state index in [4.69, 9.17) is 0 Å². The summed E-state index contributed by atoms with van der Waals surface area (Å²) in [5, 5.41) is 10.8. The first-order valence-corrected chi connectivity index (χ1v) is 8.40. The van der Waals surface area contributed by atoms with Crippen LogP contribution in [0.4, 0.5) is 0 Å². The number of rotatable bonds is 2. The molecule has 0 radical (unpaired) electrons. The zero-order valence-corrected chi connectivity index (χ0v) is 15.8. The van der Waals surface area contributed by atoms with Gasteiger partial charge in [0.25, 0.3) is 0 Å². The van der Waals surface area contributed by atoms with E-state index in [1.165, 1.54) is 0 Å². The number of phenols is 1. The zero-order chi connectivity index (χ0) is 18.3. The van der Waals surface area contributed by atoms with Crippen molar-refractivity contribution in [2.75, 3.05) is 0 Å². The van der Waals surface area contributed by atoms with Crippen LogP contribution in [-0.4, -0.2) is 10.9 Å². The second-order valence-electron chi connectivity index (χ2n) is 8.55. The van der Waals surface area contributed by atoms with Gasteiger partial charge in [-0.25, -0.2) is 0 Å². The number of Topliss-reactive ketones (excluding diaryl/α,β-unsaturated/α-hetero) is 1. The van der Waals surface area contributed by atoms with E-state index in [-0.39, 0.29) is 16.6 Å². The summed E-state index contributed by atoms with van der Waals surface area (Å²) in [6.45, 7) is 14.2. The number of carbonyl (C=O) groups excluding carboxylic acids is 1. The summed E-state index contributed by atoms with van der Waals surface area (Å²) < 4.78 is 0. The van der Waals surface area contributed by atoms with Crippen molar-refractivity contribution in [3.8, 4) is 16.9 Å². The molecule has 0 amide bonds. The molecule has 24 heavy (non-hydrogen) atoms. The summed E-state index contributed by atoms with van der Waals surface area (Å²) in [5.41, 5.74) is 4.42. The van der Waals surface area contributed by atoms with Gasteiger partial charge in [-0.05, 0) is 41.0 Å². The molecule has 0 unspecified atom stereocenters. The van der Waals surface area contributed by atoms with Crippen molar-refractivity contribution in [1.29, 1.82) is 0 Å². The van der Waals surface area contributed by atoms with Crippen molar-refractivity contribution >= 4 is 5.78 Å². The van der Waals surface area contributed by atoms with Gasteiger partial charge < -0.3 is 5.11 Å². The van der Waals surface area contributed by atoms with E-state index < -0.39 is 0 Å². The number of aromatic hydroxyl groups is 1. The second-order valence-corrected chi connectivity index (χ2v) is 8.55. The van der Waals surface area contributed by atoms with Crippen LogP contribution in [0.1, 0.15) is 70.0 Å². The number of carbonyl (C=O) groups is 1. The molecular weight excluding hydrogens is 296 g/mol. The van der Waals surface area contributed by atoms with Gasteiger partial charge in [0, 0.05) is 16.7 Å². The number of ketones is 1. The summed E-state index contributed by atoms with van der Waals surface area (Å²) in [6.07, 6.45) is 0. The van der Waals surface area contributed by atoms with E-state index in [9.17, 15) is 9.90 Å². The minimum absolute atomic E-state index is 0.0676. The summed E-state index contributed by atoms with van der Waals surface area (Å²) >= 11 is 0. The Morgan fingerprint density at radius 3 is 1.54 bits per heavy atom. The SMILES string of the molecule is CC(=O)c1ccc(-c2cc(C(C)(C)C)c(O)c(C(C)(C)C)c2)cc1. The summed E-state index contributed by atoms with van der Waals surface area (Å²) in [7, 11) is 0. The third kappa shape index (κ3) is 3.69. The van der Waals surface area contributed by atoms with E-state index in [0.717, 1.165) is 22.3 Å². The molecule has 2 rings (SSSR count). The molecule has 0 aromatic heterocycles. The summed E-state index contributed by atoms with van der Waals surface area (Å²) in [4.78, 5) is 11.5. The van der Waals surface area contributed by atoms with Crippen LogP contribution >= 0.6 is 0 Å². The molecule has 128 valence electrons. The highest BCUT2D eigenvalue weighted by Crippen LogP contribution is 2.41. The smallest absolute Gasteiger partial charge is 0.159 e. The van der Waals surface area contributed by atoms with Crippen LogP contribution in [-0.2, 0) is 10.8 Å². The van der Waals surface area contributed by atoms with Crippen molar-refractivity contribution < 1.29 is 9.90 Å². The van der Waals surface area contributed by atoms with Crippen molar-refractivity contribution in [1.82, 2.24) is 0 Å². The van der Waals surface area contributed by atoms with Gasteiger partial charge in [0.2, 0.25) is 0 Å². The quantitative estimate of drug-likeness (QED) is 0.703. The lowest BCUT2D eigenvalue weighted by molar-refractivity contribution is 0.101. The Balaban J connectivity index is 2.68. The Kier molecular flexibility index (Phi) is 4.63. The molecule has 0 aliphatic rings. The molecule has 0 saturated heterocycles. The number of hydrogen-bond donors (Lipinski definition) is 1. The van der Waals surface area contributed by atoms with Crippen molar-refractivity contribution in [3.05, 3.63) is 53.1 Å². The first-order chi connectivity index (χ1) is 10.9. The van der Waals surface area contributed by atoms with Crippen LogP contribution in [0.3, 0.4) is 0 Å². The van der Waals surface area contributed by atoms with Gasteiger partial charge in [-0.15, -0.1) is 0 Å². The molecule has 0 aliphatic carbocycles. The van der Waals surface area contributed by atoms with Gasteiger partial charge in [0.05, 0.1) is 0 Å². The molecular formula is C22H28O2. The maximum Gasteiger partial charge on any atom is 0.159 e. The summed E-state index contributed by atoms with van der Waals surface area (Å²) in [6, 6.07) is 11.8. The van der Waals surface area contributed by atoms with Gasteiger partial charge in [-0.3, -0.25) is 4.79 Å². The molecule has 2 aromatic carbocycles. The molecule has 2 nitrogen and oxygen atoms in total. The fourth-order valence-electron chi connectivity index (χ4n) is 2.84. The zero-order valence-electron chi connectivity index (χ0n) is 15.8. The van der Waals surface area contributed by atoms with Crippen LogP contribution < -0.4 is 0 Å². The Labute approximate surface area is 145 Å². The van der Waals surface area contributed by atoms with Gasteiger partial charge in [-0.2, -0.15) is 0 Å². The summed E-state index contributed by atoms with van der Waals surface area (Å²) in [5.74, 6) is 0.456. The van der Waals surface area contributed by atoms with Crippen molar-refractivity contribution in [3.63, 3.8) is 0 Å². The average Bonchev–Trinajstić information content (AvgIpc) is 2.45. The molecule has 2 heteroatoms. The Bertz CT molecular complexity index is 719. The minimum atomic E-state index is -0.153. The van der Waals surface area contributed by atoms with Gasteiger partial charge in [-0.1, -0.05) is 65.8 Å². The number of hydrogen-bond acceptors (Lipinski definition) is 2. The van der Waals surface area contributed by atoms with Crippen LogP contribution in [0.2, 0.25) is 0 Å². The Hall–Kier alpha value is -2.09. The van der Waals surface area contributed by atoms with Gasteiger partial charge in [0.1, 0.15) is 5.75 Å². The number of phenolic OH excluding ortho intramolecular Hbond substituents is 1. The third-order valence-electron chi connectivity index (χ3n) is 4.35. The maximum atomic E-state index is 11.5. The van der Waals surface area contributed by atoms with E-state index in [1.807, 2.05) is 24.3 Å². The fourth-order valence-corrected chi connectivity index (χ4v) is 2.84. The first-order valence-electron chi connectivity index (χ1n) is 8.40. The first kappa shape index (κ1) is 18.3. The van der Waals surface area contributed by atoms with Crippen LogP contribution in [0.5, 0.6) is 5.75 Å². The lowest BCUT2D eigenvalue weighted by atomic mass is 9.77. The molecule has 0 saturated carbocycles. The lowest BCUT2D eigenvalue weighted by Gasteiger charge is -2.28. The van der Waals surface area contributed by atoms with Crippen molar-refractivity contribution in [2.45, 2.75) is 59.3 Å². The molecule has 0 spiro atoms. The van der Waals surface area contributed by atoms with E-state index in [0.29, 0.717) is 11.3 Å². The molecule has 1 N–H and O–H groups in total. The normalized spacial score (nSPS) is 12.3. The molecule has 0 bridgehead atoms. The highest BCUT2D eigenvalue weighted by Gasteiger charge is 2.26. The van der Waals surface area contributed by atoms with Gasteiger partial charge in [0.15, 0.2) is 5.78 Å². The van der Waals surface area contributed by atoms with Crippen LogP contribution in [0.25, 0.3) is 11.1 Å². The van der Waals surface area contributed by atoms with Gasteiger partial charge >= 0.3 is 0 Å². The van der Waals surface area contributed by atoms with E-state index >= 15 is 0 Å². The van der Waals surface area contributed by atoms with E-state index in [1.54, 1.807) is 6.92 Å². The standard InChI is InChI=1S/C22H28O2/c1-14(23)15-8-10-16(11-9-15)17-12-18(21(2,3)4)20(24)19(13-17)22(5,6)7/h8-13,24H,1-7H3. The predicted octanol–water partition coefficient (Wildman–Crippen LogP) is 5.86. The van der Waals surface area contributed by atoms with Crippen molar-refractivity contribution in [2.24, 2.45) is 0 Å². The maximum absolute atomic E-state index is 11.5. The largest absolute Gasteiger partial charge is 0.507 e. The molecule has 0 aliphatic heterocycles. The van der Waals surface area contributed by atoms with Crippen LogP contribution in [0, 0.1) is 0 Å². The Morgan fingerprint density at radius 1 is 0.792 bits per heavy atom. The fraction of sp³-hybridized carbons (Fsp3) is 0.409. The average molecular weight is 324 g/mol. The second kappa shape index (κ2) is 6.08. The predicted molar refractivity (Wildman–Crippen MR) is 101 cm³/mol. The highest BCUT2D eigenvalue weighted by molar-refractivity contribution is 5.94. The molecule has 0 fully saturated rings. The van der Waals surface area contributed by atoms with Crippen LogP contribution in [0.15, 0.2) is 36.4 Å². The topological polar surface area (TPSA) is 37.3 Å². The minimum Gasteiger partial charge on any atom is -0.507 e. The Morgan fingerprint density at radius 2 is 1.21 bits per heavy atom. The third-order valence-corrected chi connectivity index (χ3v) is 4.35. The highest BCUT2D eigenvalue weighted by atomic mass is 16.3. The monoisotopic (exact) mass is 324 g/mol. The van der Waals surface area contributed by atoms with E-state index in [2.05, 4.69) is 53.7 Å². The molecule has 0 heterocycles. The molecule has 2 aromatic rings. The molecule has 0 atom stereocenters. The lowest BCUT2D eigenvalue weighted by Crippen LogP contribution is -2.17. The number of benzene rings is 2.